The lowest BCUT2D eigenvalue weighted by molar-refractivity contribution is 0.398. The Morgan fingerprint density at radius 3 is 2.00 bits per heavy atom. The zero-order chi connectivity index (χ0) is 19.0. The number of aryl methyl sites for hydroxylation is 2. The summed E-state index contributed by atoms with van der Waals surface area (Å²) in [5.41, 5.74) is 2.29. The Balaban J connectivity index is 2.38. The van der Waals surface area contributed by atoms with Gasteiger partial charge < -0.3 is 0 Å². The van der Waals surface area contributed by atoms with Gasteiger partial charge in [0.1, 0.15) is 0 Å². The molecule has 0 aliphatic rings. The predicted molar refractivity (Wildman–Crippen MR) is 98.8 cm³/mol. The van der Waals surface area contributed by atoms with Crippen LogP contribution in [0.2, 0.25) is 0 Å². The van der Waals surface area contributed by atoms with E-state index in [1.165, 1.54) is 23.5 Å². The lowest BCUT2D eigenvalue weighted by atomic mass is 10.1. The summed E-state index contributed by atoms with van der Waals surface area (Å²) in [6.07, 6.45) is 1.14. The number of rotatable bonds is 5. The molecule has 7 heteroatoms. The van der Waals surface area contributed by atoms with Crippen molar-refractivity contribution in [2.75, 3.05) is 13.3 Å². The molecule has 0 saturated carbocycles. The van der Waals surface area contributed by atoms with Gasteiger partial charge in [-0.25, -0.2) is 16.8 Å². The second-order valence-corrected chi connectivity index (χ2v) is 10.3. The van der Waals surface area contributed by atoms with Crippen molar-refractivity contribution in [3.8, 4) is 0 Å². The summed E-state index contributed by atoms with van der Waals surface area (Å²) in [5.74, 6) is 0. The van der Waals surface area contributed by atoms with Gasteiger partial charge in [-0.15, -0.1) is 0 Å². The Bertz CT molecular complexity index is 978. The quantitative estimate of drug-likeness (QED) is 0.798. The summed E-state index contributed by atoms with van der Waals surface area (Å²) >= 11 is 0. The van der Waals surface area contributed by atoms with Gasteiger partial charge in [0.2, 0.25) is 10.0 Å². The van der Waals surface area contributed by atoms with E-state index in [-0.39, 0.29) is 9.79 Å². The minimum atomic E-state index is -3.66. The highest BCUT2D eigenvalue weighted by atomic mass is 32.2. The Hall–Kier alpha value is -1.70. The average molecular weight is 382 g/mol. The number of hydrogen-bond donors (Lipinski definition) is 0. The summed E-state index contributed by atoms with van der Waals surface area (Å²) in [6, 6.07) is 11.2. The van der Waals surface area contributed by atoms with Crippen LogP contribution in [0.5, 0.6) is 0 Å². The molecule has 0 N–H and O–H groups in total. The second kappa shape index (κ2) is 6.90. The van der Waals surface area contributed by atoms with Crippen LogP contribution in [0.1, 0.15) is 29.7 Å². The molecular weight excluding hydrogens is 358 g/mol. The van der Waals surface area contributed by atoms with Crippen molar-refractivity contribution in [2.24, 2.45) is 0 Å². The molecule has 0 heterocycles. The molecule has 2 rings (SSSR count). The highest BCUT2D eigenvalue weighted by molar-refractivity contribution is 7.90. The van der Waals surface area contributed by atoms with Crippen LogP contribution in [0.15, 0.2) is 52.3 Å². The first-order valence-corrected chi connectivity index (χ1v) is 11.1. The van der Waals surface area contributed by atoms with Gasteiger partial charge in [0.15, 0.2) is 9.84 Å². The average Bonchev–Trinajstić information content (AvgIpc) is 2.54. The van der Waals surface area contributed by atoms with Crippen molar-refractivity contribution in [3.63, 3.8) is 0 Å². The van der Waals surface area contributed by atoms with Crippen LogP contribution in [-0.4, -0.2) is 34.4 Å². The number of nitrogens with zero attached hydrogens (tertiary/aromatic N) is 1. The molecular formula is C18H23NO4S2. The summed E-state index contributed by atoms with van der Waals surface area (Å²) in [6.45, 7) is 5.40. The normalized spacial score (nSPS) is 13.8. The monoisotopic (exact) mass is 381 g/mol. The molecule has 0 bridgehead atoms. The van der Waals surface area contributed by atoms with Crippen LogP contribution >= 0.6 is 0 Å². The van der Waals surface area contributed by atoms with E-state index < -0.39 is 25.9 Å². The topological polar surface area (TPSA) is 71.5 Å². The van der Waals surface area contributed by atoms with Crippen molar-refractivity contribution >= 4 is 19.9 Å². The fourth-order valence-electron chi connectivity index (χ4n) is 2.55. The molecule has 0 unspecified atom stereocenters. The first kappa shape index (κ1) is 19.6. The maximum absolute atomic E-state index is 13.0. The van der Waals surface area contributed by atoms with E-state index in [0.717, 1.165) is 17.4 Å². The van der Waals surface area contributed by atoms with Gasteiger partial charge in [-0.2, -0.15) is 4.31 Å². The van der Waals surface area contributed by atoms with Crippen LogP contribution < -0.4 is 0 Å². The largest absolute Gasteiger partial charge is 0.243 e. The van der Waals surface area contributed by atoms with Crippen LogP contribution in [0.4, 0.5) is 0 Å². The number of sulfonamides is 1. The van der Waals surface area contributed by atoms with Gasteiger partial charge in [-0.3, -0.25) is 0 Å². The summed E-state index contributed by atoms with van der Waals surface area (Å²) in [4.78, 5) is 0.498. The van der Waals surface area contributed by atoms with Crippen LogP contribution in [0, 0.1) is 13.8 Å². The van der Waals surface area contributed by atoms with E-state index >= 15 is 0 Å². The maximum Gasteiger partial charge on any atom is 0.243 e. The van der Waals surface area contributed by atoms with Gasteiger partial charge in [-0.05, 0) is 55.7 Å². The van der Waals surface area contributed by atoms with E-state index in [1.54, 1.807) is 38.1 Å². The maximum atomic E-state index is 13.0. The molecule has 5 nitrogen and oxygen atoms in total. The van der Waals surface area contributed by atoms with Crippen molar-refractivity contribution in [3.05, 3.63) is 59.2 Å². The minimum Gasteiger partial charge on any atom is -0.224 e. The van der Waals surface area contributed by atoms with Crippen molar-refractivity contribution in [1.29, 1.82) is 0 Å². The molecule has 1 atom stereocenters. The number of benzene rings is 2. The van der Waals surface area contributed by atoms with E-state index in [9.17, 15) is 16.8 Å². The third kappa shape index (κ3) is 4.11. The summed E-state index contributed by atoms with van der Waals surface area (Å²) < 4.78 is 50.4. The van der Waals surface area contributed by atoms with Crippen molar-refractivity contribution < 1.29 is 16.8 Å². The molecule has 25 heavy (non-hydrogen) atoms. The number of sulfone groups is 1. The molecule has 2 aromatic carbocycles. The smallest absolute Gasteiger partial charge is 0.224 e. The van der Waals surface area contributed by atoms with Crippen LogP contribution in [0.25, 0.3) is 0 Å². The van der Waals surface area contributed by atoms with Crippen molar-refractivity contribution in [1.82, 2.24) is 4.31 Å². The zero-order valence-corrected chi connectivity index (χ0v) is 16.6. The first-order chi connectivity index (χ1) is 11.4. The molecule has 0 fully saturated rings. The SMILES string of the molecule is Cc1ccc(C)c(S(=O)(=O)N(C)[C@@H](C)c2ccc(S(C)(=O)=O)cc2)c1. The lowest BCUT2D eigenvalue weighted by Crippen LogP contribution is -2.30. The molecule has 0 radical (unpaired) electrons. The van der Waals surface area contributed by atoms with Gasteiger partial charge in [-0.1, -0.05) is 24.3 Å². The molecule has 0 spiro atoms. The predicted octanol–water partition coefficient (Wildman–Crippen LogP) is 3.09. The van der Waals surface area contributed by atoms with E-state index in [0.29, 0.717) is 5.56 Å². The van der Waals surface area contributed by atoms with Gasteiger partial charge in [0.25, 0.3) is 0 Å². The first-order valence-electron chi connectivity index (χ1n) is 7.80. The summed E-state index contributed by atoms with van der Waals surface area (Å²) in [7, 11) is -5.41. The van der Waals surface area contributed by atoms with Crippen LogP contribution in [-0.2, 0) is 19.9 Å². The fraction of sp³-hybridized carbons (Fsp3) is 0.333. The molecule has 0 saturated heterocycles. The highest BCUT2D eigenvalue weighted by Crippen LogP contribution is 2.28. The molecule has 0 amide bonds. The zero-order valence-electron chi connectivity index (χ0n) is 15.0. The minimum absolute atomic E-state index is 0.212. The third-order valence-corrected chi connectivity index (χ3v) is 7.54. The number of hydrogen-bond acceptors (Lipinski definition) is 4. The molecule has 2 aromatic rings. The summed E-state index contributed by atoms with van der Waals surface area (Å²) in [5, 5.41) is 0. The van der Waals surface area contributed by atoms with Crippen LogP contribution in [0.3, 0.4) is 0 Å². The molecule has 0 aliphatic carbocycles. The van der Waals surface area contributed by atoms with E-state index in [1.807, 2.05) is 13.0 Å². The van der Waals surface area contributed by atoms with E-state index in [2.05, 4.69) is 0 Å². The Morgan fingerprint density at radius 2 is 1.48 bits per heavy atom. The van der Waals surface area contributed by atoms with Gasteiger partial charge in [0, 0.05) is 19.3 Å². The molecule has 136 valence electrons. The fourth-order valence-corrected chi connectivity index (χ4v) is 4.84. The van der Waals surface area contributed by atoms with Crippen molar-refractivity contribution in [2.45, 2.75) is 36.6 Å². The second-order valence-electron chi connectivity index (χ2n) is 6.31. The third-order valence-electron chi connectivity index (χ3n) is 4.34. The Kier molecular flexibility index (Phi) is 5.41. The Labute approximate surface area is 150 Å². The van der Waals surface area contributed by atoms with Gasteiger partial charge >= 0.3 is 0 Å². The standard InChI is InChI=1S/C18H23NO4S2/c1-13-6-7-14(2)18(12-13)25(22,23)19(4)15(3)16-8-10-17(11-9-16)24(5,20)21/h6-12,15H,1-5H3/t15-/m0/s1. The highest BCUT2D eigenvalue weighted by Gasteiger charge is 2.27. The Morgan fingerprint density at radius 1 is 0.920 bits per heavy atom. The van der Waals surface area contributed by atoms with E-state index in [4.69, 9.17) is 0 Å². The lowest BCUT2D eigenvalue weighted by Gasteiger charge is -2.25. The van der Waals surface area contributed by atoms with Gasteiger partial charge in [0.05, 0.1) is 9.79 Å². The molecule has 0 aromatic heterocycles. The molecule has 0 aliphatic heterocycles.